The van der Waals surface area contributed by atoms with E-state index in [4.69, 9.17) is 9.84 Å². The molecule has 1 amide bonds. The van der Waals surface area contributed by atoms with E-state index in [9.17, 15) is 18.0 Å². The number of amides is 1. The molecule has 2 aliphatic rings. The zero-order chi connectivity index (χ0) is 18.9. The van der Waals surface area contributed by atoms with Crippen LogP contribution in [0.4, 0.5) is 18.0 Å². The van der Waals surface area contributed by atoms with Crippen LogP contribution in [-0.4, -0.2) is 70.1 Å². The molecular weight excluding hydrogens is 355 g/mol. The van der Waals surface area contributed by atoms with Crippen molar-refractivity contribution in [3.8, 4) is 0 Å². The first-order valence-corrected chi connectivity index (χ1v) is 8.50. The van der Waals surface area contributed by atoms with Crippen LogP contribution in [0.2, 0.25) is 0 Å². The maximum atomic E-state index is 12.6. The standard InChI is InChI=1S/C16H22F3N3O4/c1-11-7-20-22(8-11)12-6-15(25-10-12)2-4-21(5-3-15)14(24)26-13(9-23)16(17,18)19/h7-8,12-13,23H,2-6,9-10H2,1H3/t12?,13-/m1/s1. The van der Waals surface area contributed by atoms with E-state index in [-0.39, 0.29) is 24.7 Å². The van der Waals surface area contributed by atoms with E-state index in [0.717, 1.165) is 12.0 Å². The zero-order valence-electron chi connectivity index (χ0n) is 14.4. The fourth-order valence-corrected chi connectivity index (χ4v) is 3.47. The lowest BCUT2D eigenvalue weighted by atomic mass is 9.87. The van der Waals surface area contributed by atoms with Gasteiger partial charge < -0.3 is 19.5 Å². The highest BCUT2D eigenvalue weighted by atomic mass is 19.4. The van der Waals surface area contributed by atoms with Crippen LogP contribution < -0.4 is 0 Å². The molecule has 1 unspecified atom stereocenters. The van der Waals surface area contributed by atoms with E-state index in [1.807, 2.05) is 17.8 Å². The van der Waals surface area contributed by atoms with Crippen molar-refractivity contribution < 1.29 is 32.5 Å². The Morgan fingerprint density at radius 1 is 1.50 bits per heavy atom. The normalized spacial score (nSPS) is 24.0. The SMILES string of the molecule is Cc1cnn(C2COC3(CCN(C(=O)O[C@H](CO)C(F)(F)F)CC3)C2)c1. The molecule has 2 fully saturated rings. The molecule has 2 atom stereocenters. The molecule has 2 saturated heterocycles. The third-order valence-corrected chi connectivity index (χ3v) is 5.00. The second-order valence-electron chi connectivity index (χ2n) is 6.93. The zero-order valence-corrected chi connectivity index (χ0v) is 14.4. The molecule has 0 aromatic carbocycles. The number of ether oxygens (including phenoxy) is 2. The fraction of sp³-hybridized carbons (Fsp3) is 0.750. The predicted octanol–water partition coefficient (Wildman–Crippen LogP) is 2.05. The number of aryl methyl sites for hydroxylation is 1. The number of hydrogen-bond donors (Lipinski definition) is 1. The van der Waals surface area contributed by atoms with Gasteiger partial charge in [-0.1, -0.05) is 0 Å². The summed E-state index contributed by atoms with van der Waals surface area (Å²) in [6.07, 6.45) is -2.82. The average molecular weight is 377 g/mol. The molecule has 0 saturated carbocycles. The number of hydrogen-bond acceptors (Lipinski definition) is 5. The number of likely N-dealkylation sites (tertiary alicyclic amines) is 1. The van der Waals surface area contributed by atoms with Crippen LogP contribution in [-0.2, 0) is 9.47 Å². The summed E-state index contributed by atoms with van der Waals surface area (Å²) in [7, 11) is 0. The number of nitrogens with zero attached hydrogens (tertiary/aromatic N) is 3. The minimum absolute atomic E-state index is 0.117. The van der Waals surface area contributed by atoms with Gasteiger partial charge in [-0.2, -0.15) is 18.3 Å². The summed E-state index contributed by atoms with van der Waals surface area (Å²) in [6.45, 7) is 1.69. The van der Waals surface area contributed by atoms with E-state index >= 15 is 0 Å². The number of carbonyl (C=O) groups excluding carboxylic acids is 1. The summed E-state index contributed by atoms with van der Waals surface area (Å²) in [6, 6.07) is 0.117. The van der Waals surface area contributed by atoms with Gasteiger partial charge >= 0.3 is 12.3 Å². The highest BCUT2D eigenvalue weighted by molar-refractivity contribution is 5.68. The van der Waals surface area contributed by atoms with E-state index < -0.39 is 25.0 Å². The van der Waals surface area contributed by atoms with E-state index in [2.05, 4.69) is 9.84 Å². The van der Waals surface area contributed by atoms with E-state index in [0.29, 0.717) is 19.4 Å². The first-order chi connectivity index (χ1) is 12.2. The number of rotatable bonds is 3. The van der Waals surface area contributed by atoms with Crippen LogP contribution in [0.5, 0.6) is 0 Å². The Morgan fingerprint density at radius 3 is 2.73 bits per heavy atom. The number of aliphatic hydroxyl groups excluding tert-OH is 1. The fourth-order valence-electron chi connectivity index (χ4n) is 3.47. The van der Waals surface area contributed by atoms with Crippen molar-refractivity contribution in [2.75, 3.05) is 26.3 Å². The monoisotopic (exact) mass is 377 g/mol. The number of piperidine rings is 1. The maximum absolute atomic E-state index is 12.6. The second kappa shape index (κ2) is 7.07. The highest BCUT2D eigenvalue weighted by Crippen LogP contribution is 2.40. The van der Waals surface area contributed by atoms with Crippen molar-refractivity contribution in [1.82, 2.24) is 14.7 Å². The van der Waals surface area contributed by atoms with E-state index in [1.54, 1.807) is 6.20 Å². The summed E-state index contributed by atoms with van der Waals surface area (Å²) < 4.78 is 50.1. The molecule has 7 nitrogen and oxygen atoms in total. The van der Waals surface area contributed by atoms with Crippen molar-refractivity contribution in [2.45, 2.75) is 50.1 Å². The highest BCUT2D eigenvalue weighted by Gasteiger charge is 2.46. The van der Waals surface area contributed by atoms with Crippen LogP contribution in [0.25, 0.3) is 0 Å². The first-order valence-electron chi connectivity index (χ1n) is 8.50. The lowest BCUT2D eigenvalue weighted by Crippen LogP contribution is -2.49. The van der Waals surface area contributed by atoms with Gasteiger partial charge in [-0.15, -0.1) is 0 Å². The molecule has 26 heavy (non-hydrogen) atoms. The summed E-state index contributed by atoms with van der Waals surface area (Å²) >= 11 is 0. The van der Waals surface area contributed by atoms with Crippen LogP contribution in [0.3, 0.4) is 0 Å². The Bertz CT molecular complexity index is 641. The van der Waals surface area contributed by atoms with Gasteiger partial charge in [0.15, 0.2) is 0 Å². The molecule has 1 N–H and O–H groups in total. The van der Waals surface area contributed by atoms with Gasteiger partial charge in [0.1, 0.15) is 0 Å². The molecule has 10 heteroatoms. The Labute approximate surface area is 148 Å². The van der Waals surface area contributed by atoms with E-state index in [1.165, 1.54) is 4.90 Å². The molecule has 3 heterocycles. The summed E-state index contributed by atoms with van der Waals surface area (Å²) in [4.78, 5) is 13.2. The van der Waals surface area contributed by atoms with Gasteiger partial charge in [-0.3, -0.25) is 4.68 Å². The topological polar surface area (TPSA) is 76.8 Å². The molecule has 0 aliphatic carbocycles. The average Bonchev–Trinajstić information content (AvgIpc) is 3.19. The molecule has 3 rings (SSSR count). The van der Waals surface area contributed by atoms with Crippen LogP contribution in [0.1, 0.15) is 30.9 Å². The van der Waals surface area contributed by atoms with Gasteiger partial charge in [0, 0.05) is 25.7 Å². The summed E-state index contributed by atoms with van der Waals surface area (Å²) in [5.41, 5.74) is 0.674. The Kier molecular flexibility index (Phi) is 5.16. The van der Waals surface area contributed by atoms with Crippen LogP contribution in [0, 0.1) is 6.92 Å². The van der Waals surface area contributed by atoms with Gasteiger partial charge in [0.2, 0.25) is 6.10 Å². The van der Waals surface area contributed by atoms with Crippen molar-refractivity contribution in [1.29, 1.82) is 0 Å². The molecule has 146 valence electrons. The minimum Gasteiger partial charge on any atom is -0.434 e. The Balaban J connectivity index is 1.53. The number of aliphatic hydroxyl groups is 1. The number of alkyl halides is 3. The number of carbonyl (C=O) groups is 1. The molecule has 1 spiro atoms. The van der Waals surface area contributed by atoms with Crippen molar-refractivity contribution in [3.63, 3.8) is 0 Å². The van der Waals surface area contributed by atoms with Crippen molar-refractivity contribution in [2.24, 2.45) is 0 Å². The molecular formula is C16H22F3N3O4. The third-order valence-electron chi connectivity index (χ3n) is 5.00. The smallest absolute Gasteiger partial charge is 0.427 e. The minimum atomic E-state index is -4.79. The third kappa shape index (κ3) is 3.96. The molecule has 0 radical (unpaired) electrons. The Morgan fingerprint density at radius 2 is 2.19 bits per heavy atom. The molecule has 0 bridgehead atoms. The second-order valence-corrected chi connectivity index (χ2v) is 6.93. The maximum Gasteiger partial charge on any atom is 0.427 e. The summed E-state index contributed by atoms with van der Waals surface area (Å²) in [5, 5.41) is 13.1. The van der Waals surface area contributed by atoms with Crippen LogP contribution in [0.15, 0.2) is 12.4 Å². The first kappa shape index (κ1) is 19.0. The van der Waals surface area contributed by atoms with Crippen LogP contribution >= 0.6 is 0 Å². The van der Waals surface area contributed by atoms with Gasteiger partial charge in [-0.05, 0) is 25.3 Å². The number of halogens is 3. The van der Waals surface area contributed by atoms with Crippen molar-refractivity contribution >= 4 is 6.09 Å². The predicted molar refractivity (Wildman–Crippen MR) is 83.5 cm³/mol. The lowest BCUT2D eigenvalue weighted by molar-refractivity contribution is -0.215. The molecule has 1 aromatic rings. The van der Waals surface area contributed by atoms with Crippen molar-refractivity contribution in [3.05, 3.63) is 18.0 Å². The molecule has 2 aliphatic heterocycles. The van der Waals surface area contributed by atoms with Gasteiger partial charge in [0.25, 0.3) is 0 Å². The lowest BCUT2D eigenvalue weighted by Gasteiger charge is -2.38. The Hall–Kier alpha value is -1.81. The van der Waals surface area contributed by atoms with Gasteiger partial charge in [0.05, 0.1) is 31.1 Å². The summed E-state index contributed by atoms with van der Waals surface area (Å²) in [5.74, 6) is 0. The quantitative estimate of drug-likeness (QED) is 0.873. The largest absolute Gasteiger partial charge is 0.434 e. The number of aromatic nitrogens is 2. The molecule has 1 aromatic heterocycles. The van der Waals surface area contributed by atoms with Gasteiger partial charge in [-0.25, -0.2) is 4.79 Å².